The number of aromatic nitrogens is 1. The quantitative estimate of drug-likeness (QED) is 0.713. The first-order valence-electron chi connectivity index (χ1n) is 8.67. The maximum absolute atomic E-state index is 13.0. The Balaban J connectivity index is 1.49. The topological polar surface area (TPSA) is 63.4 Å². The van der Waals surface area contributed by atoms with Crippen LogP contribution in [0.1, 0.15) is 17.2 Å². The summed E-state index contributed by atoms with van der Waals surface area (Å²) in [4.78, 5) is 7.04. The van der Waals surface area contributed by atoms with Crippen LogP contribution in [0.25, 0.3) is 11.3 Å². The van der Waals surface area contributed by atoms with Crippen molar-refractivity contribution in [3.05, 3.63) is 72.2 Å². The van der Waals surface area contributed by atoms with E-state index in [4.69, 9.17) is 4.42 Å². The average molecular weight is 366 g/mol. The number of furan rings is 1. The molecule has 5 nitrogen and oxygen atoms in total. The number of likely N-dealkylation sites (tertiary alicyclic amines) is 1. The fourth-order valence-corrected chi connectivity index (χ4v) is 6.37. The molecule has 3 aromatic rings. The van der Waals surface area contributed by atoms with Gasteiger partial charge in [-0.05, 0) is 48.0 Å². The monoisotopic (exact) mass is 366 g/mol. The average Bonchev–Trinajstić information content (AvgIpc) is 3.35. The molecule has 0 saturated carbocycles. The lowest BCUT2D eigenvalue weighted by molar-refractivity contribution is 0.321. The molecule has 0 amide bonds. The van der Waals surface area contributed by atoms with Crippen LogP contribution in [0.2, 0.25) is 0 Å². The molecule has 1 fully saturated rings. The van der Waals surface area contributed by atoms with Gasteiger partial charge in [-0.3, -0.25) is 9.88 Å². The molecule has 0 aliphatic carbocycles. The van der Waals surface area contributed by atoms with Gasteiger partial charge in [0.05, 0.1) is 22.1 Å². The van der Waals surface area contributed by atoms with Gasteiger partial charge in [0.25, 0.3) is 0 Å². The molecule has 0 spiro atoms. The maximum Gasteiger partial charge on any atom is 0.183 e. The Labute approximate surface area is 152 Å². The number of sulfone groups is 1. The summed E-state index contributed by atoms with van der Waals surface area (Å²) >= 11 is 0. The van der Waals surface area contributed by atoms with Crippen LogP contribution in [0.15, 0.2) is 70.3 Å². The maximum atomic E-state index is 13.0. The van der Waals surface area contributed by atoms with Crippen LogP contribution in [0, 0.1) is 0 Å². The van der Waals surface area contributed by atoms with E-state index < -0.39 is 9.84 Å². The molecule has 2 aliphatic heterocycles. The van der Waals surface area contributed by atoms with Gasteiger partial charge in [-0.1, -0.05) is 6.07 Å². The fraction of sp³-hybridized carbons (Fsp3) is 0.250. The van der Waals surface area contributed by atoms with E-state index in [0.717, 1.165) is 29.1 Å². The Bertz CT molecular complexity index is 1050. The number of hydrogen-bond donors (Lipinski definition) is 0. The SMILES string of the molecule is O=S1(=O)c2ccc(-c3ccco3)cc2[C@H]2CN(Cc3ccccn3)C[C@H]21. The van der Waals surface area contributed by atoms with E-state index in [-0.39, 0.29) is 11.2 Å². The number of pyridine rings is 1. The van der Waals surface area contributed by atoms with Crippen LogP contribution < -0.4 is 0 Å². The molecule has 6 heteroatoms. The molecule has 2 atom stereocenters. The lowest BCUT2D eigenvalue weighted by Crippen LogP contribution is -2.26. The van der Waals surface area contributed by atoms with Crippen LogP contribution in [-0.2, 0) is 16.4 Å². The third-order valence-electron chi connectivity index (χ3n) is 5.37. The summed E-state index contributed by atoms with van der Waals surface area (Å²) in [5.74, 6) is 0.769. The van der Waals surface area contributed by atoms with E-state index in [1.165, 1.54) is 0 Å². The highest BCUT2D eigenvalue weighted by Crippen LogP contribution is 2.46. The van der Waals surface area contributed by atoms with E-state index in [1.54, 1.807) is 18.5 Å². The second-order valence-electron chi connectivity index (χ2n) is 6.94. The predicted molar refractivity (Wildman–Crippen MR) is 97.4 cm³/mol. The summed E-state index contributed by atoms with van der Waals surface area (Å²) in [5.41, 5.74) is 2.81. The number of hydrogen-bond acceptors (Lipinski definition) is 5. The van der Waals surface area contributed by atoms with Crippen molar-refractivity contribution in [2.24, 2.45) is 0 Å². The normalized spacial score (nSPS) is 23.7. The molecule has 4 heterocycles. The van der Waals surface area contributed by atoms with Crippen LogP contribution in [0.4, 0.5) is 0 Å². The van der Waals surface area contributed by atoms with E-state index in [2.05, 4.69) is 9.88 Å². The van der Waals surface area contributed by atoms with Crippen molar-refractivity contribution in [3.63, 3.8) is 0 Å². The Kier molecular flexibility index (Phi) is 3.52. The fourth-order valence-electron chi connectivity index (χ4n) is 4.17. The van der Waals surface area contributed by atoms with Crippen molar-refractivity contribution in [3.8, 4) is 11.3 Å². The molecular formula is C20H18N2O3S. The van der Waals surface area contributed by atoms with Crippen LogP contribution in [0.5, 0.6) is 0 Å². The van der Waals surface area contributed by atoms with Crippen molar-refractivity contribution in [1.82, 2.24) is 9.88 Å². The Morgan fingerprint density at radius 1 is 1.12 bits per heavy atom. The lowest BCUT2D eigenvalue weighted by atomic mass is 9.96. The number of fused-ring (bicyclic) bond motifs is 3. The van der Waals surface area contributed by atoms with Gasteiger partial charge in [-0.15, -0.1) is 0 Å². The number of rotatable bonds is 3. The van der Waals surface area contributed by atoms with Crippen LogP contribution in [-0.4, -0.2) is 36.6 Å². The Morgan fingerprint density at radius 3 is 2.81 bits per heavy atom. The van der Waals surface area contributed by atoms with Gasteiger partial charge in [0, 0.05) is 37.3 Å². The zero-order valence-corrected chi connectivity index (χ0v) is 14.9. The minimum atomic E-state index is -3.29. The zero-order valence-electron chi connectivity index (χ0n) is 14.1. The van der Waals surface area contributed by atoms with E-state index in [1.807, 2.05) is 42.5 Å². The van der Waals surface area contributed by atoms with Gasteiger partial charge in [-0.2, -0.15) is 0 Å². The highest BCUT2D eigenvalue weighted by Gasteiger charge is 2.50. The van der Waals surface area contributed by atoms with Gasteiger partial charge in [0.2, 0.25) is 0 Å². The minimum Gasteiger partial charge on any atom is -0.464 e. The highest BCUT2D eigenvalue weighted by atomic mass is 32.2. The van der Waals surface area contributed by atoms with E-state index >= 15 is 0 Å². The molecule has 132 valence electrons. The number of nitrogens with zero attached hydrogens (tertiary/aromatic N) is 2. The molecule has 1 saturated heterocycles. The summed E-state index contributed by atoms with van der Waals surface area (Å²) in [7, 11) is -3.29. The van der Waals surface area contributed by atoms with Crippen LogP contribution >= 0.6 is 0 Å². The van der Waals surface area contributed by atoms with Gasteiger partial charge in [0.1, 0.15) is 5.76 Å². The second-order valence-corrected chi connectivity index (χ2v) is 9.07. The van der Waals surface area contributed by atoms with Gasteiger partial charge < -0.3 is 4.42 Å². The Morgan fingerprint density at radius 2 is 2.04 bits per heavy atom. The van der Waals surface area contributed by atoms with Gasteiger partial charge in [-0.25, -0.2) is 8.42 Å². The molecule has 2 aromatic heterocycles. The molecule has 2 aliphatic rings. The van der Waals surface area contributed by atoms with Gasteiger partial charge in [0.15, 0.2) is 9.84 Å². The first kappa shape index (κ1) is 15.8. The summed E-state index contributed by atoms with van der Waals surface area (Å²) in [6.07, 6.45) is 3.40. The zero-order chi connectivity index (χ0) is 17.7. The lowest BCUT2D eigenvalue weighted by Gasteiger charge is -2.16. The molecular weight excluding hydrogens is 348 g/mol. The largest absolute Gasteiger partial charge is 0.464 e. The van der Waals surface area contributed by atoms with Gasteiger partial charge >= 0.3 is 0 Å². The second kappa shape index (κ2) is 5.79. The third kappa shape index (κ3) is 2.40. The van der Waals surface area contributed by atoms with E-state index in [9.17, 15) is 8.42 Å². The first-order chi connectivity index (χ1) is 12.6. The van der Waals surface area contributed by atoms with Crippen molar-refractivity contribution in [2.75, 3.05) is 13.1 Å². The highest BCUT2D eigenvalue weighted by molar-refractivity contribution is 7.92. The van der Waals surface area contributed by atoms with Crippen molar-refractivity contribution < 1.29 is 12.8 Å². The molecule has 26 heavy (non-hydrogen) atoms. The smallest absolute Gasteiger partial charge is 0.183 e. The summed E-state index contributed by atoms with van der Waals surface area (Å²) in [5, 5.41) is -0.368. The molecule has 0 bridgehead atoms. The summed E-state index contributed by atoms with van der Waals surface area (Å²) in [6.45, 7) is 1.96. The van der Waals surface area contributed by atoms with E-state index in [0.29, 0.717) is 18.0 Å². The molecule has 0 radical (unpaired) electrons. The third-order valence-corrected chi connectivity index (χ3v) is 7.63. The summed E-state index contributed by atoms with van der Waals surface area (Å²) < 4.78 is 31.5. The van der Waals surface area contributed by atoms with Crippen LogP contribution in [0.3, 0.4) is 0 Å². The van der Waals surface area contributed by atoms with Crippen molar-refractivity contribution in [2.45, 2.75) is 22.6 Å². The first-order valence-corrected chi connectivity index (χ1v) is 10.2. The Hall–Kier alpha value is -2.44. The standard InChI is InChI=1S/C20H18N2O3S/c23-26(24)19-7-6-14(18-5-3-9-25-18)10-16(19)17-12-22(13-20(17)26)11-15-4-1-2-8-21-15/h1-10,17,20H,11-13H2/t17-,20-/m1/s1. The molecule has 0 unspecified atom stereocenters. The summed E-state index contributed by atoms with van der Waals surface area (Å²) in [6, 6.07) is 15.1. The molecule has 0 N–H and O–H groups in total. The molecule has 1 aromatic carbocycles. The van der Waals surface area contributed by atoms with Crippen molar-refractivity contribution >= 4 is 9.84 Å². The van der Waals surface area contributed by atoms with Crippen molar-refractivity contribution in [1.29, 1.82) is 0 Å². The minimum absolute atomic E-state index is 0.00799. The number of benzene rings is 1. The molecule has 5 rings (SSSR count). The predicted octanol–water partition coefficient (Wildman–Crippen LogP) is 3.10.